The maximum atomic E-state index is 11.9. The van der Waals surface area contributed by atoms with Crippen molar-refractivity contribution in [3.05, 3.63) is 27.7 Å². The molecule has 0 aromatic heterocycles. The molecule has 114 valence electrons. The number of carbonyl (C=O) groups is 2. The minimum Gasteiger partial charge on any atom is -0.508 e. The molecule has 6 nitrogen and oxygen atoms in total. The number of phenols is 1. The molecular weight excluding hydrogens is 319 g/mol. The Morgan fingerprint density at radius 2 is 2.00 bits per heavy atom. The molecule has 0 atom stereocenters. The predicted molar refractivity (Wildman–Crippen MR) is 77.1 cm³/mol. The molecule has 1 aromatic rings. The van der Waals surface area contributed by atoms with Crippen LogP contribution in [0, 0.1) is 5.92 Å². The van der Waals surface area contributed by atoms with Gasteiger partial charge in [-0.25, -0.2) is 0 Å². The Morgan fingerprint density at radius 1 is 1.33 bits per heavy atom. The zero-order chi connectivity index (χ0) is 15.6. The number of nitrogens with zero attached hydrogens (tertiary/aromatic N) is 1. The molecule has 0 spiro atoms. The van der Waals surface area contributed by atoms with E-state index in [4.69, 9.17) is 28.3 Å². The second-order valence-corrected chi connectivity index (χ2v) is 5.52. The third kappa shape index (κ3) is 3.40. The van der Waals surface area contributed by atoms with Crippen LogP contribution in [0.25, 0.3) is 0 Å². The van der Waals surface area contributed by atoms with Crippen LogP contribution in [-0.2, 0) is 16.1 Å². The van der Waals surface area contributed by atoms with Gasteiger partial charge in [-0.15, -0.1) is 0 Å². The maximum absolute atomic E-state index is 11.9. The van der Waals surface area contributed by atoms with Crippen LogP contribution in [-0.4, -0.2) is 46.6 Å². The maximum Gasteiger partial charge on any atom is 0.248 e. The first kappa shape index (κ1) is 15.9. The molecule has 0 bridgehead atoms. The summed E-state index contributed by atoms with van der Waals surface area (Å²) in [6.45, 7) is 0.0514. The van der Waals surface area contributed by atoms with Gasteiger partial charge in [0.2, 0.25) is 11.8 Å². The Bertz CT molecular complexity index is 574. The molecule has 1 saturated heterocycles. The van der Waals surface area contributed by atoms with Gasteiger partial charge in [-0.3, -0.25) is 9.59 Å². The lowest BCUT2D eigenvalue weighted by Crippen LogP contribution is -2.56. The molecule has 0 aliphatic carbocycles. The first-order valence-corrected chi connectivity index (χ1v) is 7.01. The number of hydrogen-bond acceptors (Lipinski definition) is 4. The monoisotopic (exact) mass is 332 g/mol. The summed E-state index contributed by atoms with van der Waals surface area (Å²) in [5, 5.41) is 21.5. The number of aliphatic hydroxyl groups is 1. The Morgan fingerprint density at radius 3 is 2.62 bits per heavy atom. The number of likely N-dealkylation sites (tertiary alicyclic amines) is 1. The molecule has 21 heavy (non-hydrogen) atoms. The number of hydrogen-bond donors (Lipinski definition) is 3. The third-order valence-corrected chi connectivity index (χ3v) is 4.19. The van der Waals surface area contributed by atoms with Crippen molar-refractivity contribution >= 4 is 35.0 Å². The summed E-state index contributed by atoms with van der Waals surface area (Å²) in [5.74, 6) is -1.00. The lowest BCUT2D eigenvalue weighted by Gasteiger charge is -2.37. The molecule has 0 saturated carbocycles. The highest BCUT2D eigenvalue weighted by molar-refractivity contribution is 6.42. The number of phenolic OH excluding ortho intramolecular Hbond substituents is 1. The number of halogens is 2. The van der Waals surface area contributed by atoms with E-state index < -0.39 is 12.5 Å². The van der Waals surface area contributed by atoms with Gasteiger partial charge in [0.1, 0.15) is 12.4 Å². The lowest BCUT2D eigenvalue weighted by molar-refractivity contribution is -0.145. The predicted octanol–water partition coefficient (Wildman–Crippen LogP) is 0.766. The third-order valence-electron chi connectivity index (χ3n) is 3.35. The lowest BCUT2D eigenvalue weighted by atomic mass is 9.99. The smallest absolute Gasteiger partial charge is 0.248 e. The quantitative estimate of drug-likeness (QED) is 0.759. The van der Waals surface area contributed by atoms with E-state index in [0.717, 1.165) is 0 Å². The van der Waals surface area contributed by atoms with E-state index in [1.807, 2.05) is 0 Å². The summed E-state index contributed by atoms with van der Waals surface area (Å²) in [5.41, 5.74) is 0.347. The van der Waals surface area contributed by atoms with Crippen LogP contribution in [0.4, 0.5) is 0 Å². The van der Waals surface area contributed by atoms with Crippen molar-refractivity contribution in [2.75, 3.05) is 19.7 Å². The first-order chi connectivity index (χ1) is 9.93. The van der Waals surface area contributed by atoms with E-state index in [1.165, 1.54) is 17.0 Å². The van der Waals surface area contributed by atoms with E-state index in [0.29, 0.717) is 10.6 Å². The Labute approximate surface area is 131 Å². The van der Waals surface area contributed by atoms with Gasteiger partial charge in [-0.05, 0) is 12.1 Å². The number of benzene rings is 1. The molecule has 2 rings (SSSR count). The second-order valence-electron chi connectivity index (χ2n) is 4.73. The van der Waals surface area contributed by atoms with Crippen LogP contribution in [0.3, 0.4) is 0 Å². The summed E-state index contributed by atoms with van der Waals surface area (Å²) >= 11 is 11.8. The van der Waals surface area contributed by atoms with Crippen molar-refractivity contribution in [3.8, 4) is 5.75 Å². The first-order valence-electron chi connectivity index (χ1n) is 6.26. The number of aliphatic hydroxyl groups excluding tert-OH is 1. The van der Waals surface area contributed by atoms with Crippen molar-refractivity contribution in [3.63, 3.8) is 0 Å². The van der Waals surface area contributed by atoms with Crippen molar-refractivity contribution in [2.45, 2.75) is 6.54 Å². The van der Waals surface area contributed by atoms with Gasteiger partial charge in [0.05, 0.1) is 16.0 Å². The number of rotatable bonds is 4. The van der Waals surface area contributed by atoms with Crippen LogP contribution < -0.4 is 5.32 Å². The molecule has 0 unspecified atom stereocenters. The van der Waals surface area contributed by atoms with Crippen molar-refractivity contribution in [1.29, 1.82) is 0 Å². The van der Waals surface area contributed by atoms with Gasteiger partial charge in [0.25, 0.3) is 0 Å². The highest BCUT2D eigenvalue weighted by Gasteiger charge is 2.35. The number of carbonyl (C=O) groups excluding carboxylic acids is 2. The second kappa shape index (κ2) is 6.51. The minimum atomic E-state index is -0.555. The molecule has 1 aliphatic rings. The van der Waals surface area contributed by atoms with E-state index in [9.17, 15) is 14.7 Å². The molecule has 1 aromatic carbocycles. The van der Waals surface area contributed by atoms with Crippen LogP contribution in [0.15, 0.2) is 12.1 Å². The molecule has 3 N–H and O–H groups in total. The molecule has 1 aliphatic heterocycles. The van der Waals surface area contributed by atoms with Gasteiger partial charge in [-0.2, -0.15) is 0 Å². The van der Waals surface area contributed by atoms with E-state index in [-0.39, 0.29) is 42.2 Å². The Kier molecular flexibility index (Phi) is 4.92. The molecule has 0 radical (unpaired) electrons. The van der Waals surface area contributed by atoms with Crippen LogP contribution >= 0.6 is 23.2 Å². The van der Waals surface area contributed by atoms with Gasteiger partial charge < -0.3 is 20.4 Å². The number of aromatic hydroxyl groups is 1. The standard InChI is InChI=1S/C13H14Cl2N2O4/c14-9-1-2-10(19)8(12(9)15)3-16-13(21)7-4-17(5-7)11(20)6-18/h1-2,7,18-19H,3-6H2,(H,16,21). The Hall–Kier alpha value is -1.50. The fourth-order valence-electron chi connectivity index (χ4n) is 2.02. The van der Waals surface area contributed by atoms with Crippen LogP contribution in [0.5, 0.6) is 5.75 Å². The largest absolute Gasteiger partial charge is 0.508 e. The van der Waals surface area contributed by atoms with Crippen molar-refractivity contribution < 1.29 is 19.8 Å². The zero-order valence-corrected chi connectivity index (χ0v) is 12.5. The highest BCUT2D eigenvalue weighted by atomic mass is 35.5. The van der Waals surface area contributed by atoms with Crippen LogP contribution in [0.2, 0.25) is 10.0 Å². The average Bonchev–Trinajstić information content (AvgIpc) is 2.41. The summed E-state index contributed by atoms with van der Waals surface area (Å²) in [7, 11) is 0. The summed E-state index contributed by atoms with van der Waals surface area (Å²) < 4.78 is 0. The molecule has 2 amide bonds. The zero-order valence-electron chi connectivity index (χ0n) is 11.0. The van der Waals surface area contributed by atoms with E-state index in [2.05, 4.69) is 5.32 Å². The normalized spacial score (nSPS) is 14.7. The summed E-state index contributed by atoms with van der Waals surface area (Å²) in [6.07, 6.45) is 0. The number of amides is 2. The average molecular weight is 333 g/mol. The molecule has 1 heterocycles. The topological polar surface area (TPSA) is 89.9 Å². The minimum absolute atomic E-state index is 0.0459. The van der Waals surface area contributed by atoms with Crippen molar-refractivity contribution in [1.82, 2.24) is 10.2 Å². The highest BCUT2D eigenvalue weighted by Crippen LogP contribution is 2.32. The summed E-state index contributed by atoms with van der Waals surface area (Å²) in [6, 6.07) is 2.87. The summed E-state index contributed by atoms with van der Waals surface area (Å²) in [4.78, 5) is 24.4. The number of nitrogens with one attached hydrogen (secondary N) is 1. The van der Waals surface area contributed by atoms with Gasteiger partial charge in [0, 0.05) is 25.2 Å². The molecule has 1 fully saturated rings. The van der Waals surface area contributed by atoms with Gasteiger partial charge >= 0.3 is 0 Å². The van der Waals surface area contributed by atoms with Gasteiger partial charge in [-0.1, -0.05) is 23.2 Å². The SMILES string of the molecule is O=C(NCc1c(O)ccc(Cl)c1Cl)C1CN(C(=O)CO)C1. The Balaban J connectivity index is 1.89. The molecule has 8 heteroatoms. The van der Waals surface area contributed by atoms with Crippen molar-refractivity contribution in [2.24, 2.45) is 5.92 Å². The fourth-order valence-corrected chi connectivity index (χ4v) is 2.42. The van der Waals surface area contributed by atoms with E-state index >= 15 is 0 Å². The van der Waals surface area contributed by atoms with E-state index in [1.54, 1.807) is 0 Å². The van der Waals surface area contributed by atoms with Crippen LogP contribution in [0.1, 0.15) is 5.56 Å². The molecular formula is C13H14Cl2N2O4. The van der Waals surface area contributed by atoms with Gasteiger partial charge in [0.15, 0.2) is 0 Å². The fraction of sp³-hybridized carbons (Fsp3) is 0.385.